The third-order valence-electron chi connectivity index (χ3n) is 3.32. The van der Waals surface area contributed by atoms with E-state index < -0.39 is 0 Å². The molecule has 0 aliphatic heterocycles. The summed E-state index contributed by atoms with van der Waals surface area (Å²) >= 11 is 9.42. The van der Waals surface area contributed by atoms with Crippen LogP contribution in [0.15, 0.2) is 46.9 Å². The molecule has 21 heavy (non-hydrogen) atoms. The van der Waals surface area contributed by atoms with E-state index >= 15 is 0 Å². The Kier molecular flexibility index (Phi) is 3.43. The molecule has 0 saturated heterocycles. The molecule has 0 spiro atoms. The molecule has 3 rings (SSSR count). The van der Waals surface area contributed by atoms with Crippen LogP contribution in [0.1, 0.15) is 0 Å². The fraction of sp³-hybridized carbons (Fsp3) is 0. The summed E-state index contributed by atoms with van der Waals surface area (Å²) in [5, 5.41) is 31.9. The zero-order valence-electron chi connectivity index (χ0n) is 10.6. The lowest BCUT2D eigenvalue weighted by Gasteiger charge is -2.14. The second kappa shape index (κ2) is 5.13. The van der Waals surface area contributed by atoms with E-state index in [9.17, 15) is 15.3 Å². The SMILES string of the molecule is Oc1ccc(O)c(-c2c(O)c(Br)cc3ccccc23)c1Cl. The van der Waals surface area contributed by atoms with Crippen LogP contribution in [0.4, 0.5) is 0 Å². The van der Waals surface area contributed by atoms with Gasteiger partial charge in [-0.3, -0.25) is 0 Å². The Morgan fingerprint density at radius 2 is 1.52 bits per heavy atom. The third-order valence-corrected chi connectivity index (χ3v) is 4.31. The molecule has 0 amide bonds. The fourth-order valence-corrected chi connectivity index (χ4v) is 3.05. The van der Waals surface area contributed by atoms with Crippen LogP contribution in [0.25, 0.3) is 21.9 Å². The van der Waals surface area contributed by atoms with E-state index in [2.05, 4.69) is 15.9 Å². The van der Waals surface area contributed by atoms with Gasteiger partial charge in [0.2, 0.25) is 0 Å². The summed E-state index contributed by atoms with van der Waals surface area (Å²) in [5.41, 5.74) is 0.574. The van der Waals surface area contributed by atoms with Gasteiger partial charge in [0.05, 0.1) is 15.1 Å². The van der Waals surface area contributed by atoms with Crippen LogP contribution in [0.3, 0.4) is 0 Å². The van der Waals surface area contributed by atoms with Gasteiger partial charge >= 0.3 is 0 Å². The van der Waals surface area contributed by atoms with E-state index in [4.69, 9.17) is 11.6 Å². The first-order valence-corrected chi connectivity index (χ1v) is 7.29. The standard InChI is InChI=1S/C16H10BrClO3/c17-10-7-8-3-1-2-4-9(8)13(16(10)21)14-11(19)5-6-12(20)15(14)18/h1-7,19-21H. The zero-order valence-corrected chi connectivity index (χ0v) is 13.0. The number of hydrogen-bond acceptors (Lipinski definition) is 3. The summed E-state index contributed by atoms with van der Waals surface area (Å²) in [6, 6.07) is 11.8. The van der Waals surface area contributed by atoms with Gasteiger partial charge < -0.3 is 15.3 Å². The van der Waals surface area contributed by atoms with Crippen molar-refractivity contribution < 1.29 is 15.3 Å². The van der Waals surface area contributed by atoms with E-state index in [1.165, 1.54) is 12.1 Å². The lowest BCUT2D eigenvalue weighted by Crippen LogP contribution is -1.87. The number of phenolic OH excluding ortho intramolecular Hbond substituents is 3. The quantitative estimate of drug-likeness (QED) is 0.529. The summed E-state index contributed by atoms with van der Waals surface area (Å²) in [6.45, 7) is 0. The molecule has 0 bridgehead atoms. The van der Waals surface area contributed by atoms with E-state index in [-0.39, 0.29) is 27.8 Å². The number of halogens is 2. The van der Waals surface area contributed by atoms with Crippen molar-refractivity contribution in [2.45, 2.75) is 0 Å². The highest BCUT2D eigenvalue weighted by Gasteiger charge is 2.20. The predicted octanol–water partition coefficient (Wildman–Crippen LogP) is 5.04. The summed E-state index contributed by atoms with van der Waals surface area (Å²) in [4.78, 5) is 0. The molecule has 5 heteroatoms. The van der Waals surface area contributed by atoms with E-state index in [1.807, 2.05) is 24.3 Å². The van der Waals surface area contributed by atoms with Gasteiger partial charge in [0.25, 0.3) is 0 Å². The maximum Gasteiger partial charge on any atom is 0.138 e. The van der Waals surface area contributed by atoms with Crippen molar-refractivity contribution >= 4 is 38.3 Å². The molecule has 0 fully saturated rings. The van der Waals surface area contributed by atoms with Crippen LogP contribution in [0, 0.1) is 0 Å². The number of phenols is 3. The molecule has 0 aliphatic rings. The molecule has 0 aliphatic carbocycles. The molecule has 3 N–H and O–H groups in total. The zero-order chi connectivity index (χ0) is 15.1. The van der Waals surface area contributed by atoms with Gasteiger partial charge in [-0.2, -0.15) is 0 Å². The Balaban J connectivity index is 2.51. The minimum Gasteiger partial charge on any atom is -0.507 e. The number of fused-ring (bicyclic) bond motifs is 1. The van der Waals surface area contributed by atoms with E-state index in [1.54, 1.807) is 6.07 Å². The maximum absolute atomic E-state index is 10.4. The average molecular weight is 366 g/mol. The van der Waals surface area contributed by atoms with Crippen LogP contribution in [-0.4, -0.2) is 15.3 Å². The molecular weight excluding hydrogens is 356 g/mol. The smallest absolute Gasteiger partial charge is 0.138 e. The van der Waals surface area contributed by atoms with Crippen molar-refractivity contribution in [1.29, 1.82) is 0 Å². The third kappa shape index (κ3) is 2.20. The number of rotatable bonds is 1. The van der Waals surface area contributed by atoms with Crippen LogP contribution in [-0.2, 0) is 0 Å². The molecule has 0 heterocycles. The van der Waals surface area contributed by atoms with Crippen molar-refractivity contribution in [2.24, 2.45) is 0 Å². The van der Waals surface area contributed by atoms with Gasteiger partial charge in [-0.25, -0.2) is 0 Å². The van der Waals surface area contributed by atoms with Crippen molar-refractivity contribution in [3.05, 3.63) is 52.0 Å². The highest BCUT2D eigenvalue weighted by atomic mass is 79.9. The summed E-state index contributed by atoms with van der Waals surface area (Å²) in [7, 11) is 0. The number of benzene rings is 3. The van der Waals surface area contributed by atoms with E-state index in [0.29, 0.717) is 10.0 Å². The van der Waals surface area contributed by atoms with E-state index in [0.717, 1.165) is 10.8 Å². The minimum atomic E-state index is -0.159. The molecule has 106 valence electrons. The summed E-state index contributed by atoms with van der Waals surface area (Å²) in [6.07, 6.45) is 0. The van der Waals surface area contributed by atoms with Crippen LogP contribution < -0.4 is 0 Å². The number of aromatic hydroxyl groups is 3. The highest BCUT2D eigenvalue weighted by molar-refractivity contribution is 9.10. The van der Waals surface area contributed by atoms with Gasteiger partial charge in [-0.1, -0.05) is 35.9 Å². The molecular formula is C16H10BrClO3. The minimum absolute atomic E-state index is 0.00597. The molecule has 0 unspecified atom stereocenters. The van der Waals surface area contributed by atoms with Crippen molar-refractivity contribution in [3.63, 3.8) is 0 Å². The highest BCUT2D eigenvalue weighted by Crippen LogP contribution is 2.49. The predicted molar refractivity (Wildman–Crippen MR) is 87.1 cm³/mol. The molecule has 0 aromatic heterocycles. The molecule has 3 nitrogen and oxygen atoms in total. The molecule has 0 atom stereocenters. The lowest BCUT2D eigenvalue weighted by molar-refractivity contribution is 0.459. The maximum atomic E-state index is 10.4. The van der Waals surface area contributed by atoms with Gasteiger partial charge in [0, 0.05) is 5.56 Å². The summed E-state index contributed by atoms with van der Waals surface area (Å²) in [5.74, 6) is -0.319. The second-order valence-electron chi connectivity index (χ2n) is 4.60. The molecule has 0 radical (unpaired) electrons. The Morgan fingerprint density at radius 3 is 2.29 bits per heavy atom. The van der Waals surface area contributed by atoms with Gasteiger partial charge in [-0.15, -0.1) is 0 Å². The first-order chi connectivity index (χ1) is 10.0. The van der Waals surface area contributed by atoms with Gasteiger partial charge in [0.1, 0.15) is 17.2 Å². The van der Waals surface area contributed by atoms with Crippen molar-refractivity contribution in [1.82, 2.24) is 0 Å². The Labute approximate surface area is 134 Å². The lowest BCUT2D eigenvalue weighted by atomic mass is 9.96. The molecule has 3 aromatic rings. The van der Waals surface area contributed by atoms with Crippen LogP contribution in [0.5, 0.6) is 17.2 Å². The van der Waals surface area contributed by atoms with Crippen LogP contribution >= 0.6 is 27.5 Å². The monoisotopic (exact) mass is 364 g/mol. The molecule has 0 saturated carbocycles. The first-order valence-electron chi connectivity index (χ1n) is 6.11. The Hall–Kier alpha value is -1.91. The summed E-state index contributed by atoms with van der Waals surface area (Å²) < 4.78 is 0.481. The average Bonchev–Trinajstić information content (AvgIpc) is 2.47. The fourth-order valence-electron chi connectivity index (χ4n) is 2.35. The first kappa shape index (κ1) is 14.0. The van der Waals surface area contributed by atoms with Crippen molar-refractivity contribution in [3.8, 4) is 28.4 Å². The van der Waals surface area contributed by atoms with Gasteiger partial charge in [0.15, 0.2) is 0 Å². The normalized spacial score (nSPS) is 11.0. The number of hydrogen-bond donors (Lipinski definition) is 3. The van der Waals surface area contributed by atoms with Gasteiger partial charge in [-0.05, 0) is 44.9 Å². The Morgan fingerprint density at radius 1 is 0.857 bits per heavy atom. The largest absolute Gasteiger partial charge is 0.507 e. The van der Waals surface area contributed by atoms with Crippen LogP contribution in [0.2, 0.25) is 5.02 Å². The molecule has 3 aromatic carbocycles. The van der Waals surface area contributed by atoms with Crippen molar-refractivity contribution in [2.75, 3.05) is 0 Å². The topological polar surface area (TPSA) is 60.7 Å². The second-order valence-corrected chi connectivity index (χ2v) is 5.83. The Bertz CT molecular complexity index is 862.